The fraction of sp³-hybridized carbons (Fsp3) is 0.409. The van der Waals surface area contributed by atoms with E-state index in [0.29, 0.717) is 6.04 Å². The fourth-order valence-corrected chi connectivity index (χ4v) is 3.69. The van der Waals surface area contributed by atoms with E-state index >= 15 is 0 Å². The van der Waals surface area contributed by atoms with E-state index in [4.69, 9.17) is 4.99 Å². The molecule has 3 heteroatoms. The molecule has 0 amide bonds. The van der Waals surface area contributed by atoms with Gasteiger partial charge < -0.3 is 0 Å². The van der Waals surface area contributed by atoms with Crippen molar-refractivity contribution in [1.29, 1.82) is 0 Å². The molecule has 0 aliphatic carbocycles. The molecule has 1 fully saturated rings. The molecule has 1 aromatic rings. The predicted octanol–water partition coefficient (Wildman–Crippen LogP) is 4.20. The van der Waals surface area contributed by atoms with Crippen molar-refractivity contribution in [3.63, 3.8) is 0 Å². The molecule has 2 aliphatic rings. The van der Waals surface area contributed by atoms with Crippen molar-refractivity contribution >= 4 is 19.4 Å². The van der Waals surface area contributed by atoms with E-state index in [2.05, 4.69) is 79.2 Å². The summed E-state index contributed by atoms with van der Waals surface area (Å²) in [4.78, 5) is 7.13. The number of hydrogen-bond acceptors (Lipinski definition) is 2. The Balaban J connectivity index is 1.62. The molecule has 0 N–H and O–H groups in total. The van der Waals surface area contributed by atoms with Crippen LogP contribution in [0, 0.1) is 23.3 Å². The lowest BCUT2D eigenvalue weighted by Gasteiger charge is -2.19. The second-order valence-corrected chi connectivity index (χ2v) is 12.7. The molecule has 0 bridgehead atoms. The summed E-state index contributed by atoms with van der Waals surface area (Å²) >= 11 is 0. The van der Waals surface area contributed by atoms with Crippen LogP contribution in [0.15, 0.2) is 35.5 Å². The monoisotopic (exact) mass is 346 g/mol. The van der Waals surface area contributed by atoms with Crippen molar-refractivity contribution in [2.45, 2.75) is 44.9 Å². The van der Waals surface area contributed by atoms with Crippen LogP contribution in [0.25, 0.3) is 5.57 Å². The van der Waals surface area contributed by atoms with Crippen molar-refractivity contribution in [3.8, 4) is 23.3 Å². The van der Waals surface area contributed by atoms with Gasteiger partial charge in [-0.25, -0.2) is 0 Å². The molecule has 1 aromatic carbocycles. The number of likely N-dealkylation sites (tertiary alicyclic amines) is 1. The summed E-state index contributed by atoms with van der Waals surface area (Å²) in [6.07, 6.45) is 5.54. The third kappa shape index (κ3) is 4.72. The van der Waals surface area contributed by atoms with Gasteiger partial charge in [-0.05, 0) is 61.5 Å². The molecule has 0 unspecified atom stereocenters. The van der Waals surface area contributed by atoms with Crippen LogP contribution in [0.1, 0.15) is 30.4 Å². The second kappa shape index (κ2) is 7.44. The van der Waals surface area contributed by atoms with E-state index in [1.165, 1.54) is 36.2 Å². The van der Waals surface area contributed by atoms with E-state index in [-0.39, 0.29) is 0 Å². The zero-order chi connectivity index (χ0) is 17.9. The summed E-state index contributed by atoms with van der Waals surface area (Å²) in [5.74, 6) is 9.12. The Kier molecular flexibility index (Phi) is 5.28. The standard InChI is InChI=1S/C22H26N2Si/c1-24-14-7-9-22(24)21-16-20(17-23-21)19-12-10-18(11-13-19)8-5-6-15-25(2,3)4/h10-13,17,22H,7,9,14,16H2,1-4H3/t22-/m0/s1. The van der Waals surface area contributed by atoms with Gasteiger partial charge in [-0.2, -0.15) is 0 Å². The highest BCUT2D eigenvalue weighted by Crippen LogP contribution is 2.29. The minimum atomic E-state index is -1.33. The Morgan fingerprint density at radius 1 is 1.12 bits per heavy atom. The topological polar surface area (TPSA) is 15.6 Å². The van der Waals surface area contributed by atoms with Crippen molar-refractivity contribution < 1.29 is 0 Å². The van der Waals surface area contributed by atoms with E-state index in [1.54, 1.807) is 0 Å². The minimum Gasteiger partial charge on any atom is -0.298 e. The van der Waals surface area contributed by atoms with Crippen LogP contribution in [0.5, 0.6) is 0 Å². The lowest BCUT2D eigenvalue weighted by Crippen LogP contribution is -2.32. The van der Waals surface area contributed by atoms with Gasteiger partial charge in [0.1, 0.15) is 8.07 Å². The molecule has 0 radical (unpaired) electrons. The van der Waals surface area contributed by atoms with E-state index in [0.717, 1.165) is 12.0 Å². The number of benzene rings is 1. The van der Waals surface area contributed by atoms with Gasteiger partial charge in [-0.1, -0.05) is 37.7 Å². The third-order valence-electron chi connectivity index (χ3n) is 4.63. The van der Waals surface area contributed by atoms with Gasteiger partial charge in [-0.15, -0.1) is 5.54 Å². The molecule has 3 rings (SSSR count). The average Bonchev–Trinajstić information content (AvgIpc) is 3.20. The SMILES string of the molecule is CN1CCC[C@H]1C1=NC=C(c2ccc(C#CC#C[Si](C)(C)C)cc2)C1. The Bertz CT molecular complexity index is 817. The van der Waals surface area contributed by atoms with E-state index in [9.17, 15) is 0 Å². The van der Waals surface area contributed by atoms with Crippen LogP contribution in [0.3, 0.4) is 0 Å². The molecule has 1 atom stereocenters. The first-order valence-electron chi connectivity index (χ1n) is 9.02. The highest BCUT2D eigenvalue weighted by Gasteiger charge is 2.28. The zero-order valence-electron chi connectivity index (χ0n) is 15.7. The Labute approximate surface area is 153 Å². The predicted molar refractivity (Wildman–Crippen MR) is 110 cm³/mol. The van der Waals surface area contributed by atoms with Crippen LogP contribution >= 0.6 is 0 Å². The Hall–Kier alpha value is -2.07. The largest absolute Gasteiger partial charge is 0.298 e. The van der Waals surface area contributed by atoms with Gasteiger partial charge in [0.2, 0.25) is 0 Å². The summed E-state index contributed by atoms with van der Waals surface area (Å²) in [7, 11) is 0.873. The maximum atomic E-state index is 4.70. The second-order valence-electron chi connectivity index (χ2n) is 7.92. The van der Waals surface area contributed by atoms with Crippen molar-refractivity contribution in [3.05, 3.63) is 41.6 Å². The highest BCUT2D eigenvalue weighted by molar-refractivity contribution is 6.83. The molecule has 25 heavy (non-hydrogen) atoms. The van der Waals surface area contributed by atoms with Crippen LogP contribution in [0.2, 0.25) is 19.6 Å². The van der Waals surface area contributed by atoms with Crippen LogP contribution < -0.4 is 0 Å². The zero-order valence-corrected chi connectivity index (χ0v) is 16.7. The van der Waals surface area contributed by atoms with Gasteiger partial charge in [0, 0.05) is 29.9 Å². The van der Waals surface area contributed by atoms with Crippen molar-refractivity contribution in [2.24, 2.45) is 4.99 Å². The summed E-state index contributed by atoms with van der Waals surface area (Å²) in [5, 5.41) is 0. The van der Waals surface area contributed by atoms with Crippen LogP contribution in [-0.4, -0.2) is 38.3 Å². The number of hydrogen-bond donors (Lipinski definition) is 0. The van der Waals surface area contributed by atoms with Gasteiger partial charge in [0.25, 0.3) is 0 Å². The maximum Gasteiger partial charge on any atom is 0.130 e. The number of allylic oxidation sites excluding steroid dienone is 1. The van der Waals surface area contributed by atoms with Crippen molar-refractivity contribution in [1.82, 2.24) is 4.90 Å². The third-order valence-corrected chi connectivity index (χ3v) is 5.50. The molecule has 0 spiro atoms. The first-order chi connectivity index (χ1) is 11.9. The summed E-state index contributed by atoms with van der Waals surface area (Å²) in [6.45, 7) is 7.87. The average molecular weight is 347 g/mol. The van der Waals surface area contributed by atoms with E-state index in [1.807, 2.05) is 6.20 Å². The molecule has 0 saturated carbocycles. The number of nitrogens with zero attached hydrogens (tertiary/aromatic N) is 2. The van der Waals surface area contributed by atoms with Crippen LogP contribution in [0.4, 0.5) is 0 Å². The lowest BCUT2D eigenvalue weighted by atomic mass is 9.98. The first-order valence-corrected chi connectivity index (χ1v) is 12.5. The Morgan fingerprint density at radius 3 is 2.52 bits per heavy atom. The molecule has 2 heterocycles. The highest BCUT2D eigenvalue weighted by atomic mass is 28.3. The molecule has 128 valence electrons. The summed E-state index contributed by atoms with van der Waals surface area (Å²) in [6, 6.07) is 9.00. The normalized spacial score (nSPS) is 20.2. The van der Waals surface area contributed by atoms with E-state index < -0.39 is 8.07 Å². The van der Waals surface area contributed by atoms with Gasteiger partial charge in [-0.3, -0.25) is 9.89 Å². The smallest absolute Gasteiger partial charge is 0.130 e. The number of aliphatic imine (C=N–C) groups is 1. The van der Waals surface area contributed by atoms with Gasteiger partial charge in [0.05, 0.1) is 0 Å². The fourth-order valence-electron chi connectivity index (χ4n) is 3.25. The quantitative estimate of drug-likeness (QED) is 0.579. The molecule has 1 saturated heterocycles. The first kappa shape index (κ1) is 17.7. The minimum absolute atomic E-state index is 0.531. The summed E-state index contributed by atoms with van der Waals surface area (Å²) in [5.41, 5.74) is 8.17. The molecule has 0 aromatic heterocycles. The molecule has 2 aliphatic heterocycles. The van der Waals surface area contributed by atoms with Crippen LogP contribution in [-0.2, 0) is 0 Å². The van der Waals surface area contributed by atoms with Gasteiger partial charge >= 0.3 is 0 Å². The number of rotatable bonds is 2. The molecular weight excluding hydrogens is 320 g/mol. The Morgan fingerprint density at radius 2 is 1.88 bits per heavy atom. The lowest BCUT2D eigenvalue weighted by molar-refractivity contribution is 0.371. The van der Waals surface area contributed by atoms with Gasteiger partial charge in [0.15, 0.2) is 0 Å². The van der Waals surface area contributed by atoms with Crippen molar-refractivity contribution in [2.75, 3.05) is 13.6 Å². The maximum absolute atomic E-state index is 4.70. The summed E-state index contributed by atoms with van der Waals surface area (Å²) < 4.78 is 0. The molecular formula is C22H26N2Si. The molecule has 2 nitrogen and oxygen atoms in total.